The average molecular weight is 389 g/mol. The highest BCUT2D eigenvalue weighted by atomic mass is 32.2. The number of sulfonamides is 1. The van der Waals surface area contributed by atoms with Gasteiger partial charge in [0.2, 0.25) is 10.0 Å². The van der Waals surface area contributed by atoms with E-state index in [1.54, 1.807) is 24.1 Å². The van der Waals surface area contributed by atoms with Gasteiger partial charge < -0.3 is 4.90 Å². The predicted octanol–water partition coefficient (Wildman–Crippen LogP) is 3.47. The zero-order chi connectivity index (χ0) is 19.7. The molecule has 0 radical (unpaired) electrons. The van der Waals surface area contributed by atoms with E-state index in [4.69, 9.17) is 0 Å². The maximum atomic E-state index is 12.4. The Labute approximate surface area is 162 Å². The van der Waals surface area contributed by atoms with Gasteiger partial charge in [-0.05, 0) is 49.1 Å². The molecule has 0 saturated carbocycles. The van der Waals surface area contributed by atoms with E-state index in [2.05, 4.69) is 11.6 Å². The van der Waals surface area contributed by atoms with Crippen LogP contribution in [0.1, 0.15) is 42.1 Å². The van der Waals surface area contributed by atoms with E-state index in [1.807, 2.05) is 30.3 Å². The molecule has 0 aromatic heterocycles. The summed E-state index contributed by atoms with van der Waals surface area (Å²) in [6.45, 7) is 3.14. The molecule has 1 amide bonds. The third-order valence-corrected chi connectivity index (χ3v) is 5.86. The number of nitrogens with zero attached hydrogens (tertiary/aromatic N) is 1. The van der Waals surface area contributed by atoms with Gasteiger partial charge in [0.1, 0.15) is 0 Å². The van der Waals surface area contributed by atoms with Gasteiger partial charge in [0, 0.05) is 25.7 Å². The summed E-state index contributed by atoms with van der Waals surface area (Å²) >= 11 is 0. The lowest BCUT2D eigenvalue weighted by molar-refractivity contribution is 0.0793. The third-order valence-electron chi connectivity index (χ3n) is 4.38. The minimum Gasteiger partial charge on any atom is -0.342 e. The zero-order valence-corrected chi connectivity index (χ0v) is 16.8. The predicted molar refractivity (Wildman–Crippen MR) is 108 cm³/mol. The van der Waals surface area contributed by atoms with Gasteiger partial charge in [-0.1, -0.05) is 43.7 Å². The molecule has 0 heterocycles. The van der Waals surface area contributed by atoms with Crippen molar-refractivity contribution in [1.29, 1.82) is 0 Å². The van der Waals surface area contributed by atoms with Gasteiger partial charge in [-0.15, -0.1) is 0 Å². The normalized spacial score (nSPS) is 11.3. The first-order valence-corrected chi connectivity index (χ1v) is 10.8. The highest BCUT2D eigenvalue weighted by Gasteiger charge is 2.16. The summed E-state index contributed by atoms with van der Waals surface area (Å²) in [6, 6.07) is 16.1. The molecule has 0 bridgehead atoms. The number of unbranched alkanes of at least 4 members (excludes halogenated alkanes) is 1. The molecule has 0 aliphatic heterocycles. The maximum absolute atomic E-state index is 12.4. The Balaban J connectivity index is 1.89. The Morgan fingerprint density at radius 3 is 2.30 bits per heavy atom. The van der Waals surface area contributed by atoms with E-state index in [1.165, 1.54) is 17.7 Å². The van der Waals surface area contributed by atoms with Crippen molar-refractivity contribution in [2.45, 2.75) is 37.5 Å². The molecule has 0 unspecified atom stereocenters. The van der Waals surface area contributed by atoms with E-state index in [0.717, 1.165) is 25.7 Å². The molecule has 146 valence electrons. The largest absolute Gasteiger partial charge is 0.342 e. The van der Waals surface area contributed by atoms with Crippen molar-refractivity contribution in [3.63, 3.8) is 0 Å². The van der Waals surface area contributed by atoms with Crippen LogP contribution in [0.15, 0.2) is 59.5 Å². The Morgan fingerprint density at radius 2 is 1.67 bits per heavy atom. The minimum absolute atomic E-state index is 0.0942. The standard InChI is InChI=1S/C21H28N2O3S/c1-3-4-17-23(2)21(24)19-12-14-20(15-13-19)27(25,26)22-16-8-11-18-9-6-5-7-10-18/h5-7,9-10,12-15,22H,3-4,8,11,16-17H2,1-2H3. The molecule has 27 heavy (non-hydrogen) atoms. The fourth-order valence-electron chi connectivity index (χ4n) is 2.72. The Morgan fingerprint density at radius 1 is 1.00 bits per heavy atom. The molecule has 2 aromatic rings. The van der Waals surface area contributed by atoms with Crippen LogP contribution in [-0.2, 0) is 16.4 Å². The van der Waals surface area contributed by atoms with E-state index in [-0.39, 0.29) is 10.8 Å². The Hall–Kier alpha value is -2.18. The molecule has 0 aliphatic carbocycles. The monoisotopic (exact) mass is 388 g/mol. The molecule has 0 fully saturated rings. The lowest BCUT2D eigenvalue weighted by atomic mass is 10.1. The van der Waals surface area contributed by atoms with Crippen LogP contribution in [-0.4, -0.2) is 39.4 Å². The van der Waals surface area contributed by atoms with Crippen molar-refractivity contribution >= 4 is 15.9 Å². The minimum atomic E-state index is -3.57. The summed E-state index contributed by atoms with van der Waals surface area (Å²) in [7, 11) is -1.81. The number of carbonyl (C=O) groups excluding carboxylic acids is 1. The lowest BCUT2D eigenvalue weighted by Gasteiger charge is -2.17. The summed E-state index contributed by atoms with van der Waals surface area (Å²) < 4.78 is 27.4. The fourth-order valence-corrected chi connectivity index (χ4v) is 3.80. The van der Waals surface area contributed by atoms with E-state index in [9.17, 15) is 13.2 Å². The lowest BCUT2D eigenvalue weighted by Crippen LogP contribution is -2.28. The molecule has 1 N–H and O–H groups in total. The summed E-state index contributed by atoms with van der Waals surface area (Å²) in [6.07, 6.45) is 3.51. The highest BCUT2D eigenvalue weighted by molar-refractivity contribution is 7.89. The molecule has 0 atom stereocenters. The van der Waals surface area contributed by atoms with Gasteiger partial charge in [-0.25, -0.2) is 13.1 Å². The van der Waals surface area contributed by atoms with Gasteiger partial charge in [-0.2, -0.15) is 0 Å². The topological polar surface area (TPSA) is 66.5 Å². The molecule has 5 nitrogen and oxygen atoms in total. The average Bonchev–Trinajstić information content (AvgIpc) is 2.69. The first-order valence-electron chi connectivity index (χ1n) is 9.33. The van der Waals surface area contributed by atoms with Crippen molar-refractivity contribution in [2.24, 2.45) is 0 Å². The number of rotatable bonds is 10. The van der Waals surface area contributed by atoms with Crippen molar-refractivity contribution in [2.75, 3.05) is 20.1 Å². The first kappa shape index (κ1) is 21.1. The van der Waals surface area contributed by atoms with E-state index in [0.29, 0.717) is 18.7 Å². The molecule has 0 spiro atoms. The summed E-state index contributed by atoms with van der Waals surface area (Å²) in [5.74, 6) is -0.0942. The van der Waals surface area contributed by atoms with Gasteiger partial charge in [0.05, 0.1) is 4.90 Å². The quantitative estimate of drug-likeness (QED) is 0.634. The number of hydrogen-bond donors (Lipinski definition) is 1. The summed E-state index contributed by atoms with van der Waals surface area (Å²) in [4.78, 5) is 14.2. The fraction of sp³-hybridized carbons (Fsp3) is 0.381. The molecule has 6 heteroatoms. The van der Waals surface area contributed by atoms with E-state index < -0.39 is 10.0 Å². The molecular weight excluding hydrogens is 360 g/mol. The number of aryl methyl sites for hydroxylation is 1. The number of nitrogens with one attached hydrogen (secondary N) is 1. The van der Waals surface area contributed by atoms with E-state index >= 15 is 0 Å². The molecule has 0 aliphatic rings. The van der Waals surface area contributed by atoms with Crippen molar-refractivity contribution < 1.29 is 13.2 Å². The van der Waals surface area contributed by atoms with Crippen LogP contribution in [0.3, 0.4) is 0 Å². The van der Waals surface area contributed by atoms with Crippen molar-refractivity contribution in [1.82, 2.24) is 9.62 Å². The third kappa shape index (κ3) is 6.48. The van der Waals surface area contributed by atoms with Gasteiger partial charge in [-0.3, -0.25) is 4.79 Å². The smallest absolute Gasteiger partial charge is 0.253 e. The number of benzene rings is 2. The SMILES string of the molecule is CCCCN(C)C(=O)c1ccc(S(=O)(=O)NCCCc2ccccc2)cc1. The van der Waals surface area contributed by atoms with Crippen molar-refractivity contribution in [3.8, 4) is 0 Å². The van der Waals surface area contributed by atoms with Crippen LogP contribution in [0.4, 0.5) is 0 Å². The molecule has 0 saturated heterocycles. The number of hydrogen-bond acceptors (Lipinski definition) is 3. The molecule has 2 aromatic carbocycles. The van der Waals surface area contributed by atoms with Crippen LogP contribution < -0.4 is 4.72 Å². The second-order valence-electron chi connectivity index (χ2n) is 6.59. The van der Waals surface area contributed by atoms with Gasteiger partial charge in [0.25, 0.3) is 5.91 Å². The number of carbonyl (C=O) groups is 1. The molecule has 2 rings (SSSR count). The first-order chi connectivity index (χ1) is 12.9. The molecular formula is C21H28N2O3S. The zero-order valence-electron chi connectivity index (χ0n) is 16.0. The van der Waals surface area contributed by atoms with Crippen LogP contribution in [0.5, 0.6) is 0 Å². The Bertz CT molecular complexity index is 818. The summed E-state index contributed by atoms with van der Waals surface area (Å²) in [5.41, 5.74) is 1.68. The van der Waals surface area contributed by atoms with Crippen LogP contribution in [0, 0.1) is 0 Å². The van der Waals surface area contributed by atoms with Crippen LogP contribution in [0.25, 0.3) is 0 Å². The second-order valence-corrected chi connectivity index (χ2v) is 8.36. The van der Waals surface area contributed by atoms with Crippen molar-refractivity contribution in [3.05, 3.63) is 65.7 Å². The van der Waals surface area contributed by atoms with Gasteiger partial charge >= 0.3 is 0 Å². The highest BCUT2D eigenvalue weighted by Crippen LogP contribution is 2.12. The maximum Gasteiger partial charge on any atom is 0.253 e. The Kier molecular flexibility index (Phi) is 8.00. The second kappa shape index (κ2) is 10.2. The van der Waals surface area contributed by atoms with Gasteiger partial charge in [0.15, 0.2) is 0 Å². The summed E-state index contributed by atoms with van der Waals surface area (Å²) in [5, 5.41) is 0. The van der Waals surface area contributed by atoms with Crippen LogP contribution >= 0.6 is 0 Å². The van der Waals surface area contributed by atoms with Crippen LogP contribution in [0.2, 0.25) is 0 Å². The number of amides is 1.